The predicted octanol–water partition coefficient (Wildman–Crippen LogP) is 12.6. The first-order valence-electron chi connectivity index (χ1n) is 17.4. The second-order valence-corrected chi connectivity index (χ2v) is 13.1. The molecule has 8 aromatic carbocycles. The van der Waals surface area contributed by atoms with Crippen molar-refractivity contribution in [2.24, 2.45) is 0 Å². The van der Waals surface area contributed by atoms with Crippen molar-refractivity contribution >= 4 is 65.4 Å². The molecule has 242 valence electrons. The molecule has 52 heavy (non-hydrogen) atoms. The molecule has 0 unspecified atom stereocenters. The van der Waals surface area contributed by atoms with Gasteiger partial charge in [-0.3, -0.25) is 0 Å². The second kappa shape index (κ2) is 11.2. The smallest absolute Gasteiger partial charge is 0.164 e. The maximum atomic E-state index is 6.58. The van der Waals surface area contributed by atoms with Crippen LogP contribution < -0.4 is 0 Å². The first kappa shape index (κ1) is 28.7. The van der Waals surface area contributed by atoms with E-state index in [0.717, 1.165) is 82.5 Å². The number of hydrogen-bond donors (Lipinski definition) is 0. The predicted molar refractivity (Wildman–Crippen MR) is 211 cm³/mol. The molecule has 0 bridgehead atoms. The van der Waals surface area contributed by atoms with Crippen LogP contribution >= 0.6 is 0 Å². The molecule has 0 radical (unpaired) electrons. The maximum Gasteiger partial charge on any atom is 0.164 e. The molecule has 0 aliphatic heterocycles. The molecule has 11 rings (SSSR count). The Bertz CT molecular complexity index is 3200. The van der Waals surface area contributed by atoms with Crippen LogP contribution in [0.1, 0.15) is 0 Å². The summed E-state index contributed by atoms with van der Waals surface area (Å²) >= 11 is 0. The van der Waals surface area contributed by atoms with Crippen LogP contribution in [0.25, 0.3) is 111 Å². The van der Waals surface area contributed by atoms with Crippen molar-refractivity contribution in [3.8, 4) is 45.3 Å². The van der Waals surface area contributed by atoms with E-state index >= 15 is 0 Å². The number of para-hydroxylation sites is 1. The van der Waals surface area contributed by atoms with Gasteiger partial charge in [-0.15, -0.1) is 0 Å². The van der Waals surface area contributed by atoms with E-state index in [1.165, 1.54) is 10.8 Å². The third-order valence-corrected chi connectivity index (χ3v) is 10.1. The van der Waals surface area contributed by atoms with Crippen molar-refractivity contribution in [3.05, 3.63) is 164 Å². The summed E-state index contributed by atoms with van der Waals surface area (Å²) in [6.45, 7) is 0. The van der Waals surface area contributed by atoms with E-state index in [1.54, 1.807) is 0 Å². The van der Waals surface area contributed by atoms with Crippen LogP contribution in [0, 0.1) is 0 Å². The van der Waals surface area contributed by atoms with E-state index in [2.05, 4.69) is 115 Å². The largest absolute Gasteiger partial charge is 0.456 e. The van der Waals surface area contributed by atoms with Crippen LogP contribution in [0.5, 0.6) is 0 Å². The number of rotatable bonds is 4. The van der Waals surface area contributed by atoms with E-state index in [4.69, 9.17) is 23.8 Å². The van der Waals surface area contributed by atoms with Gasteiger partial charge in [-0.25, -0.2) is 15.0 Å². The van der Waals surface area contributed by atoms with Crippen LogP contribution in [0.4, 0.5) is 0 Å². The van der Waals surface area contributed by atoms with E-state index in [9.17, 15) is 0 Å². The Morgan fingerprint density at radius 1 is 0.308 bits per heavy atom. The minimum absolute atomic E-state index is 0.569. The Kier molecular flexibility index (Phi) is 6.18. The van der Waals surface area contributed by atoms with Crippen LogP contribution in [0.3, 0.4) is 0 Å². The third kappa shape index (κ3) is 4.39. The highest BCUT2D eigenvalue weighted by Gasteiger charge is 2.22. The van der Waals surface area contributed by atoms with Gasteiger partial charge < -0.3 is 8.83 Å². The van der Waals surface area contributed by atoms with Crippen LogP contribution in [0.2, 0.25) is 0 Å². The fourth-order valence-electron chi connectivity index (χ4n) is 7.77. The minimum Gasteiger partial charge on any atom is -0.456 e. The van der Waals surface area contributed by atoms with E-state index in [0.29, 0.717) is 17.5 Å². The number of fused-ring (bicyclic) bond motifs is 8. The fourth-order valence-corrected chi connectivity index (χ4v) is 7.77. The van der Waals surface area contributed by atoms with Crippen molar-refractivity contribution in [2.75, 3.05) is 0 Å². The van der Waals surface area contributed by atoms with Crippen molar-refractivity contribution < 1.29 is 8.83 Å². The molecule has 11 aromatic rings. The Labute approximate surface area is 297 Å². The molecular formula is C47H27N3O2. The van der Waals surface area contributed by atoms with Gasteiger partial charge in [0.1, 0.15) is 22.3 Å². The Morgan fingerprint density at radius 3 is 1.60 bits per heavy atom. The summed E-state index contributed by atoms with van der Waals surface area (Å²) in [6, 6.07) is 56.3. The van der Waals surface area contributed by atoms with Gasteiger partial charge in [0, 0.05) is 38.2 Å². The first-order chi connectivity index (χ1) is 25.8. The van der Waals surface area contributed by atoms with Gasteiger partial charge in [0.2, 0.25) is 0 Å². The molecule has 3 heterocycles. The summed E-state index contributed by atoms with van der Waals surface area (Å²) in [5.74, 6) is 1.73. The first-order valence-corrected chi connectivity index (χ1v) is 17.4. The van der Waals surface area contributed by atoms with Crippen molar-refractivity contribution in [1.82, 2.24) is 15.0 Å². The van der Waals surface area contributed by atoms with Gasteiger partial charge >= 0.3 is 0 Å². The summed E-state index contributed by atoms with van der Waals surface area (Å²) in [6.07, 6.45) is 0. The Hall–Kier alpha value is -7.11. The normalized spacial score (nSPS) is 11.8. The number of furan rings is 2. The molecule has 0 saturated heterocycles. The molecule has 0 aliphatic carbocycles. The Balaban J connectivity index is 1.22. The quantitative estimate of drug-likeness (QED) is 0.187. The van der Waals surface area contributed by atoms with Gasteiger partial charge in [0.05, 0.1) is 0 Å². The summed E-state index contributed by atoms with van der Waals surface area (Å²) in [5.41, 5.74) is 8.11. The third-order valence-electron chi connectivity index (χ3n) is 10.1. The van der Waals surface area contributed by atoms with Crippen LogP contribution in [0.15, 0.2) is 173 Å². The van der Waals surface area contributed by atoms with Gasteiger partial charge in [-0.2, -0.15) is 0 Å². The molecule has 0 saturated carbocycles. The average Bonchev–Trinajstić information content (AvgIpc) is 3.79. The molecule has 0 atom stereocenters. The zero-order valence-corrected chi connectivity index (χ0v) is 27.7. The monoisotopic (exact) mass is 665 g/mol. The van der Waals surface area contributed by atoms with Crippen LogP contribution in [-0.2, 0) is 0 Å². The minimum atomic E-state index is 0.569. The summed E-state index contributed by atoms with van der Waals surface area (Å²) in [4.78, 5) is 15.7. The summed E-state index contributed by atoms with van der Waals surface area (Å²) in [5, 5.41) is 8.64. The molecule has 0 N–H and O–H groups in total. The molecule has 0 fully saturated rings. The number of nitrogens with zero attached hydrogens (tertiary/aromatic N) is 3. The zero-order valence-electron chi connectivity index (χ0n) is 27.7. The number of benzene rings is 8. The zero-order chi connectivity index (χ0) is 34.2. The van der Waals surface area contributed by atoms with Crippen molar-refractivity contribution in [2.45, 2.75) is 0 Å². The lowest BCUT2D eigenvalue weighted by Gasteiger charge is -2.12. The fraction of sp³-hybridized carbons (Fsp3) is 0. The molecule has 5 nitrogen and oxygen atoms in total. The molecular weight excluding hydrogens is 639 g/mol. The molecule has 3 aromatic heterocycles. The highest BCUT2D eigenvalue weighted by Crippen LogP contribution is 2.43. The maximum absolute atomic E-state index is 6.58. The van der Waals surface area contributed by atoms with Crippen molar-refractivity contribution in [1.29, 1.82) is 0 Å². The van der Waals surface area contributed by atoms with Gasteiger partial charge in [0.25, 0.3) is 0 Å². The molecule has 5 heteroatoms. The highest BCUT2D eigenvalue weighted by atomic mass is 16.3. The Morgan fingerprint density at radius 2 is 0.808 bits per heavy atom. The standard InChI is InChI=1S/C47H27N3O2/c1-2-13-30-27-31(26-25-28(30)11-1)45-48-46(36-19-9-22-39-42(36)35-16-5-6-21-38(35)51-39)50-47(49-45)37-20-10-24-41-44(37)43-34(18-8-23-40(43)52-41)33-17-7-14-29-12-3-4-15-32(29)33/h1-27H. The van der Waals surface area contributed by atoms with Gasteiger partial charge in [0.15, 0.2) is 17.5 Å². The summed E-state index contributed by atoms with van der Waals surface area (Å²) < 4.78 is 12.9. The van der Waals surface area contributed by atoms with Gasteiger partial charge in [-0.1, -0.05) is 133 Å². The van der Waals surface area contributed by atoms with Gasteiger partial charge in [-0.05, 0) is 63.0 Å². The number of aromatic nitrogens is 3. The van der Waals surface area contributed by atoms with E-state index in [-0.39, 0.29) is 0 Å². The lowest BCUT2D eigenvalue weighted by Crippen LogP contribution is -2.01. The van der Waals surface area contributed by atoms with Crippen molar-refractivity contribution in [3.63, 3.8) is 0 Å². The number of hydrogen-bond acceptors (Lipinski definition) is 5. The lowest BCUT2D eigenvalue weighted by atomic mass is 9.93. The molecule has 0 amide bonds. The second-order valence-electron chi connectivity index (χ2n) is 13.1. The van der Waals surface area contributed by atoms with Crippen LogP contribution in [-0.4, -0.2) is 15.0 Å². The summed E-state index contributed by atoms with van der Waals surface area (Å²) in [7, 11) is 0. The highest BCUT2D eigenvalue weighted by molar-refractivity contribution is 6.19. The lowest BCUT2D eigenvalue weighted by molar-refractivity contribution is 0.668. The van der Waals surface area contributed by atoms with E-state index in [1.807, 2.05) is 48.5 Å². The molecule has 0 aliphatic rings. The van der Waals surface area contributed by atoms with E-state index < -0.39 is 0 Å². The average molecular weight is 666 g/mol. The SMILES string of the molecule is c1ccc2cc(-c3nc(-c4cccc5oc6ccccc6c45)nc(-c4cccc5oc6cccc(-c7cccc8ccccc78)c6c45)n3)ccc2c1. The topological polar surface area (TPSA) is 65.0 Å². The molecule has 0 spiro atoms.